The van der Waals surface area contributed by atoms with E-state index in [1.165, 1.54) is 0 Å². The third kappa shape index (κ3) is 3.45. The fraction of sp³-hybridized carbons (Fsp3) is 0.600. The number of nitro groups is 1. The first-order valence-corrected chi connectivity index (χ1v) is 8.35. The molecular weight excluding hydrogens is 306 g/mol. The molecule has 1 fully saturated rings. The lowest BCUT2D eigenvalue weighted by molar-refractivity contribution is -0.383. The predicted molar refractivity (Wildman–Crippen MR) is 74.2 cm³/mol. The molecule has 1 aliphatic heterocycles. The summed E-state index contributed by atoms with van der Waals surface area (Å²) < 4.78 is 31.6. The molecule has 1 saturated heterocycles. The fourth-order valence-electron chi connectivity index (χ4n) is 1.95. The maximum Gasteiger partial charge on any atom is 0.304 e. The van der Waals surface area contributed by atoms with Gasteiger partial charge in [0.15, 0.2) is 5.00 Å². The molecule has 0 aromatic carbocycles. The summed E-state index contributed by atoms with van der Waals surface area (Å²) in [5.74, 6) is 0. The Morgan fingerprint density at radius 1 is 1.60 bits per heavy atom. The highest BCUT2D eigenvalue weighted by molar-refractivity contribution is 7.91. The Kier molecular flexibility index (Phi) is 4.58. The van der Waals surface area contributed by atoms with E-state index in [-0.39, 0.29) is 27.5 Å². The third-order valence-electron chi connectivity index (χ3n) is 2.96. The van der Waals surface area contributed by atoms with E-state index < -0.39 is 14.9 Å². The molecule has 3 N–H and O–H groups in total. The van der Waals surface area contributed by atoms with Gasteiger partial charge in [-0.2, -0.15) is 0 Å². The molecule has 0 amide bonds. The second-order valence-corrected chi connectivity index (χ2v) is 7.47. The minimum absolute atomic E-state index is 0.0837. The lowest BCUT2D eigenvalue weighted by atomic mass is 10.2. The number of ether oxygens (including phenoxy) is 1. The van der Waals surface area contributed by atoms with Crippen LogP contribution in [0.5, 0.6) is 0 Å². The van der Waals surface area contributed by atoms with Crippen LogP contribution in [0.25, 0.3) is 0 Å². The zero-order valence-corrected chi connectivity index (χ0v) is 12.2. The van der Waals surface area contributed by atoms with Crippen LogP contribution in [0, 0.1) is 10.1 Å². The number of sulfonamides is 1. The van der Waals surface area contributed by atoms with Crippen molar-refractivity contribution in [2.75, 3.05) is 18.9 Å². The fourth-order valence-corrected chi connectivity index (χ4v) is 4.25. The average molecular weight is 321 g/mol. The zero-order chi connectivity index (χ0) is 14.8. The Bertz CT molecular complexity index is 592. The highest BCUT2D eigenvalue weighted by atomic mass is 32.2. The Morgan fingerprint density at radius 2 is 2.35 bits per heavy atom. The molecule has 112 valence electrons. The molecule has 0 radical (unpaired) electrons. The quantitative estimate of drug-likeness (QED) is 0.597. The van der Waals surface area contributed by atoms with E-state index in [1.54, 1.807) is 0 Å². The highest BCUT2D eigenvalue weighted by Crippen LogP contribution is 2.34. The minimum Gasteiger partial charge on any atom is -0.385 e. The van der Waals surface area contributed by atoms with Crippen LogP contribution < -0.4 is 10.5 Å². The van der Waals surface area contributed by atoms with Gasteiger partial charge in [0, 0.05) is 19.2 Å². The van der Waals surface area contributed by atoms with Crippen molar-refractivity contribution < 1.29 is 18.1 Å². The van der Waals surface area contributed by atoms with Gasteiger partial charge in [-0.1, -0.05) is 11.3 Å². The largest absolute Gasteiger partial charge is 0.385 e. The van der Waals surface area contributed by atoms with Gasteiger partial charge in [0.1, 0.15) is 4.21 Å². The van der Waals surface area contributed by atoms with Gasteiger partial charge >= 0.3 is 5.69 Å². The van der Waals surface area contributed by atoms with Crippen LogP contribution in [0.15, 0.2) is 10.3 Å². The number of nitrogens with two attached hydrogens (primary N) is 1. The van der Waals surface area contributed by atoms with E-state index in [1.807, 2.05) is 0 Å². The van der Waals surface area contributed by atoms with Gasteiger partial charge in [-0.15, -0.1) is 0 Å². The van der Waals surface area contributed by atoms with Gasteiger partial charge in [0.25, 0.3) is 0 Å². The first-order chi connectivity index (χ1) is 9.40. The molecule has 2 heterocycles. The summed E-state index contributed by atoms with van der Waals surface area (Å²) >= 11 is 0.687. The molecule has 1 aromatic heterocycles. The van der Waals surface area contributed by atoms with Gasteiger partial charge in [0.05, 0.1) is 11.0 Å². The molecule has 0 spiro atoms. The van der Waals surface area contributed by atoms with Crippen LogP contribution in [-0.4, -0.2) is 32.6 Å². The van der Waals surface area contributed by atoms with Crippen LogP contribution >= 0.6 is 11.3 Å². The van der Waals surface area contributed by atoms with Gasteiger partial charge < -0.3 is 10.5 Å². The summed E-state index contributed by atoms with van der Waals surface area (Å²) in [7, 11) is -3.76. The third-order valence-corrected chi connectivity index (χ3v) is 5.85. The van der Waals surface area contributed by atoms with Crippen LogP contribution in [0.4, 0.5) is 10.7 Å². The molecule has 20 heavy (non-hydrogen) atoms. The maximum absolute atomic E-state index is 12.0. The Morgan fingerprint density at radius 3 is 2.90 bits per heavy atom. The number of nitrogens with one attached hydrogen (secondary N) is 1. The molecule has 0 bridgehead atoms. The average Bonchev–Trinajstić information content (AvgIpc) is 2.98. The second kappa shape index (κ2) is 6.04. The van der Waals surface area contributed by atoms with Crippen LogP contribution in [0.3, 0.4) is 0 Å². The summed E-state index contributed by atoms with van der Waals surface area (Å²) in [6.45, 7) is 0.948. The van der Waals surface area contributed by atoms with Crippen LogP contribution in [0.2, 0.25) is 0 Å². The summed E-state index contributed by atoms with van der Waals surface area (Å²) in [5.41, 5.74) is 5.05. The van der Waals surface area contributed by atoms with Crippen molar-refractivity contribution in [3.8, 4) is 0 Å². The first-order valence-electron chi connectivity index (χ1n) is 6.05. The summed E-state index contributed by atoms with van der Waals surface area (Å²) in [5, 5.41) is 10.5. The highest BCUT2D eigenvalue weighted by Gasteiger charge is 2.25. The zero-order valence-electron chi connectivity index (χ0n) is 10.6. The number of anilines is 1. The van der Waals surface area contributed by atoms with E-state index >= 15 is 0 Å². The molecule has 1 unspecified atom stereocenters. The number of hydrogen-bond donors (Lipinski definition) is 2. The van der Waals surface area contributed by atoms with Gasteiger partial charge in [-0.25, -0.2) is 13.1 Å². The van der Waals surface area contributed by atoms with Gasteiger partial charge in [-0.3, -0.25) is 10.1 Å². The second-order valence-electron chi connectivity index (χ2n) is 4.39. The SMILES string of the molecule is Nc1sc(S(=O)(=O)NCCC2CCCO2)cc1[N+](=O)[O-]. The summed E-state index contributed by atoms with van der Waals surface area (Å²) in [4.78, 5) is 9.95. The molecule has 8 nitrogen and oxygen atoms in total. The van der Waals surface area contributed by atoms with E-state index in [0.717, 1.165) is 18.9 Å². The topological polar surface area (TPSA) is 125 Å². The van der Waals surface area contributed by atoms with Gasteiger partial charge in [-0.05, 0) is 19.3 Å². The van der Waals surface area contributed by atoms with E-state index in [2.05, 4.69) is 4.72 Å². The van der Waals surface area contributed by atoms with Crippen LogP contribution in [0.1, 0.15) is 19.3 Å². The number of hydrogen-bond acceptors (Lipinski definition) is 7. The number of nitrogen functional groups attached to an aromatic ring is 1. The summed E-state index contributed by atoms with van der Waals surface area (Å²) in [6.07, 6.45) is 2.59. The lowest BCUT2D eigenvalue weighted by Crippen LogP contribution is -2.26. The van der Waals surface area contributed by atoms with Crippen molar-refractivity contribution in [3.05, 3.63) is 16.2 Å². The molecule has 0 aliphatic carbocycles. The smallest absolute Gasteiger partial charge is 0.304 e. The first kappa shape index (κ1) is 15.2. The number of thiophene rings is 1. The van der Waals surface area contributed by atoms with Crippen molar-refractivity contribution in [1.82, 2.24) is 4.72 Å². The molecule has 0 saturated carbocycles. The Balaban J connectivity index is 1.98. The van der Waals surface area contributed by atoms with Crippen molar-refractivity contribution in [2.24, 2.45) is 0 Å². The predicted octanol–water partition coefficient (Wildman–Crippen LogP) is 1.09. The van der Waals surface area contributed by atoms with E-state index in [0.29, 0.717) is 24.4 Å². The maximum atomic E-state index is 12.0. The van der Waals surface area contributed by atoms with E-state index in [4.69, 9.17) is 10.5 Å². The monoisotopic (exact) mass is 321 g/mol. The lowest BCUT2D eigenvalue weighted by Gasteiger charge is -2.09. The molecule has 10 heteroatoms. The molecule has 2 rings (SSSR count). The molecule has 1 aliphatic rings. The molecular formula is C10H15N3O5S2. The number of rotatable bonds is 6. The standard InChI is InChI=1S/C10H15N3O5S2/c11-10-8(13(14)15)6-9(19-10)20(16,17)12-4-3-7-2-1-5-18-7/h6-7,12H,1-5,11H2. The van der Waals surface area contributed by atoms with Gasteiger partial charge in [0.2, 0.25) is 10.0 Å². The number of nitrogens with zero attached hydrogens (tertiary/aromatic N) is 1. The molecule has 1 aromatic rings. The van der Waals surface area contributed by atoms with Crippen molar-refractivity contribution in [2.45, 2.75) is 29.6 Å². The Labute approximate surface area is 120 Å². The molecule has 1 atom stereocenters. The van der Waals surface area contributed by atoms with Crippen molar-refractivity contribution in [3.63, 3.8) is 0 Å². The normalized spacial score (nSPS) is 19.3. The van der Waals surface area contributed by atoms with Crippen molar-refractivity contribution >= 4 is 32.0 Å². The van der Waals surface area contributed by atoms with E-state index in [9.17, 15) is 18.5 Å². The van der Waals surface area contributed by atoms with Crippen LogP contribution in [-0.2, 0) is 14.8 Å². The summed E-state index contributed by atoms with van der Waals surface area (Å²) in [6, 6.07) is 0.981. The Hall–Kier alpha value is -1.23. The minimum atomic E-state index is -3.76. The van der Waals surface area contributed by atoms with Crippen molar-refractivity contribution in [1.29, 1.82) is 0 Å².